The molecule has 0 unspecified atom stereocenters. The van der Waals surface area contributed by atoms with Crippen molar-refractivity contribution in [3.63, 3.8) is 0 Å². The first kappa shape index (κ1) is 20.5. The smallest absolute Gasteiger partial charge is 0.181 e. The summed E-state index contributed by atoms with van der Waals surface area (Å²) in [6, 6.07) is 4.18. The largest absolute Gasteiger partial charge is 0.290 e. The molecule has 26 heavy (non-hydrogen) atoms. The molecule has 0 atom stereocenters. The molecule has 0 spiro atoms. The van der Waals surface area contributed by atoms with Gasteiger partial charge in [-0.15, -0.1) is 0 Å². The number of aromatic nitrogens is 2. The van der Waals surface area contributed by atoms with E-state index in [-0.39, 0.29) is 16.0 Å². The Bertz CT molecular complexity index is 900. The van der Waals surface area contributed by atoms with Crippen molar-refractivity contribution < 1.29 is 18.4 Å². The molecular formula is C15H19BrFN5O3S. The minimum atomic E-state index is -2.09. The second-order valence-electron chi connectivity index (χ2n) is 5.72. The van der Waals surface area contributed by atoms with Crippen LogP contribution in [-0.4, -0.2) is 44.6 Å². The Kier molecular flexibility index (Phi) is 7.23. The average Bonchev–Trinajstić information content (AvgIpc) is 3.03. The molecule has 2 rings (SSSR count). The Labute approximate surface area is 159 Å². The molecule has 2 N–H and O–H groups in total. The zero-order chi connectivity index (χ0) is 19.2. The van der Waals surface area contributed by atoms with Gasteiger partial charge in [0.25, 0.3) is 0 Å². The molecule has 8 nitrogen and oxygen atoms in total. The number of halogens is 2. The van der Waals surface area contributed by atoms with Crippen molar-refractivity contribution in [2.75, 3.05) is 19.1 Å². The van der Waals surface area contributed by atoms with Crippen LogP contribution in [0.3, 0.4) is 0 Å². The molecule has 0 aliphatic rings. The summed E-state index contributed by atoms with van der Waals surface area (Å²) >= 11 is 3.08. The van der Waals surface area contributed by atoms with Gasteiger partial charge in [-0.2, -0.15) is 0 Å². The molecule has 0 fully saturated rings. The highest BCUT2D eigenvalue weighted by atomic mass is 79.9. The van der Waals surface area contributed by atoms with Crippen molar-refractivity contribution in [3.05, 3.63) is 39.9 Å². The van der Waals surface area contributed by atoms with Gasteiger partial charge in [0.15, 0.2) is 11.5 Å². The third-order valence-electron chi connectivity index (χ3n) is 3.25. The second kappa shape index (κ2) is 9.19. The molecule has 1 heterocycles. The lowest BCUT2D eigenvalue weighted by atomic mass is 10.1. The summed E-state index contributed by atoms with van der Waals surface area (Å²) < 4.78 is 33.9. The summed E-state index contributed by atoms with van der Waals surface area (Å²) in [5.74, 6) is -0.380. The van der Waals surface area contributed by atoms with Gasteiger partial charge in [0, 0.05) is 28.8 Å². The van der Waals surface area contributed by atoms with Crippen LogP contribution >= 0.6 is 15.9 Å². The molecule has 0 bridgehead atoms. The first-order chi connectivity index (χ1) is 12.3. The van der Waals surface area contributed by atoms with Crippen LogP contribution in [0.25, 0.3) is 0 Å². The van der Waals surface area contributed by atoms with Crippen LogP contribution < -0.4 is 5.48 Å². The van der Waals surface area contributed by atoms with Gasteiger partial charge < -0.3 is 0 Å². The van der Waals surface area contributed by atoms with E-state index in [0.29, 0.717) is 24.3 Å². The molecule has 0 radical (unpaired) electrons. The Morgan fingerprint density at radius 1 is 1.38 bits per heavy atom. The minimum Gasteiger partial charge on any atom is -0.290 e. The second-order valence-corrected chi connectivity index (χ2v) is 9.20. The molecule has 1 aromatic carbocycles. The maximum atomic E-state index is 13.3. The van der Waals surface area contributed by atoms with Gasteiger partial charge in [-0.3, -0.25) is 14.9 Å². The van der Waals surface area contributed by atoms with Crippen molar-refractivity contribution in [1.82, 2.24) is 15.8 Å². The van der Waals surface area contributed by atoms with E-state index in [1.54, 1.807) is 12.5 Å². The molecular weight excluding hydrogens is 429 g/mol. The lowest BCUT2D eigenvalue weighted by Crippen LogP contribution is -2.22. The van der Waals surface area contributed by atoms with Gasteiger partial charge in [0.1, 0.15) is 11.5 Å². The van der Waals surface area contributed by atoms with Crippen LogP contribution in [0, 0.1) is 5.82 Å². The normalized spacial score (nSPS) is 12.3. The first-order valence-electron chi connectivity index (χ1n) is 7.68. The quantitative estimate of drug-likeness (QED) is 0.291. The Balaban J connectivity index is 2.10. The van der Waals surface area contributed by atoms with Gasteiger partial charge in [-0.05, 0) is 58.5 Å². The molecule has 0 saturated carbocycles. The molecule has 1 aromatic heterocycles. The number of hydroxylamine groups is 1. The molecule has 0 amide bonds. The van der Waals surface area contributed by atoms with Crippen LogP contribution in [0.15, 0.2) is 36.7 Å². The highest BCUT2D eigenvalue weighted by Crippen LogP contribution is 2.23. The van der Waals surface area contributed by atoms with Crippen molar-refractivity contribution in [1.29, 1.82) is 0 Å². The molecule has 0 saturated heterocycles. The summed E-state index contributed by atoms with van der Waals surface area (Å²) in [4.78, 5) is 4.20. The van der Waals surface area contributed by atoms with E-state index in [2.05, 4.69) is 35.6 Å². The van der Waals surface area contributed by atoms with Crippen molar-refractivity contribution in [2.45, 2.75) is 19.3 Å². The summed E-state index contributed by atoms with van der Waals surface area (Å²) in [6.45, 7) is 0.495. The SMILES string of the molecule is CS(C)(=O)=NCCCCc1nonc1C(=Nc1ccc(F)c(Br)c1)NO. The fraction of sp³-hybridized carbons (Fsp3) is 0.400. The number of hydrogen-bond acceptors (Lipinski definition) is 7. The topological polar surface area (TPSA) is 113 Å². The van der Waals surface area contributed by atoms with Crippen molar-refractivity contribution in [3.8, 4) is 0 Å². The summed E-state index contributed by atoms with van der Waals surface area (Å²) in [6.07, 6.45) is 5.17. The summed E-state index contributed by atoms with van der Waals surface area (Å²) in [7, 11) is -2.09. The number of nitrogens with one attached hydrogen (secondary N) is 1. The van der Waals surface area contributed by atoms with E-state index >= 15 is 0 Å². The zero-order valence-corrected chi connectivity index (χ0v) is 16.7. The maximum Gasteiger partial charge on any atom is 0.181 e. The number of benzene rings is 1. The zero-order valence-electron chi connectivity index (χ0n) is 14.3. The highest BCUT2D eigenvalue weighted by molar-refractivity contribution is 9.10. The predicted molar refractivity (Wildman–Crippen MR) is 99.7 cm³/mol. The fourth-order valence-electron chi connectivity index (χ4n) is 2.05. The molecule has 2 aromatic rings. The maximum absolute atomic E-state index is 13.3. The highest BCUT2D eigenvalue weighted by Gasteiger charge is 2.16. The van der Waals surface area contributed by atoms with Gasteiger partial charge in [0.2, 0.25) is 0 Å². The predicted octanol–water partition coefficient (Wildman–Crippen LogP) is 3.08. The minimum absolute atomic E-state index is 0.0366. The molecule has 0 aliphatic carbocycles. The monoisotopic (exact) mass is 447 g/mol. The van der Waals surface area contributed by atoms with Crippen LogP contribution in [0.5, 0.6) is 0 Å². The number of nitrogens with zero attached hydrogens (tertiary/aromatic N) is 4. The van der Waals surface area contributed by atoms with Crippen molar-refractivity contribution in [2.24, 2.45) is 9.36 Å². The average molecular weight is 448 g/mol. The number of hydrogen-bond donors (Lipinski definition) is 2. The van der Waals surface area contributed by atoms with E-state index in [9.17, 15) is 13.8 Å². The van der Waals surface area contributed by atoms with E-state index in [0.717, 1.165) is 12.8 Å². The lowest BCUT2D eigenvalue weighted by Gasteiger charge is -2.04. The van der Waals surface area contributed by atoms with Crippen LogP contribution in [0.1, 0.15) is 24.2 Å². The number of rotatable bonds is 7. The van der Waals surface area contributed by atoms with Gasteiger partial charge >= 0.3 is 0 Å². The first-order valence-corrected chi connectivity index (χ1v) is 10.8. The number of aryl methyl sites for hydroxylation is 1. The van der Waals surface area contributed by atoms with Crippen molar-refractivity contribution >= 4 is 37.2 Å². The van der Waals surface area contributed by atoms with E-state index < -0.39 is 15.5 Å². The third-order valence-corrected chi connectivity index (χ3v) is 4.67. The van der Waals surface area contributed by atoms with E-state index in [4.69, 9.17) is 4.63 Å². The third kappa shape index (κ3) is 6.15. The van der Waals surface area contributed by atoms with Gasteiger partial charge in [-0.1, -0.05) is 5.16 Å². The van der Waals surface area contributed by atoms with Crippen LogP contribution in [0.4, 0.5) is 10.1 Å². The molecule has 0 aliphatic heterocycles. The Hall–Kier alpha value is -1.85. The van der Waals surface area contributed by atoms with Gasteiger partial charge in [-0.25, -0.2) is 18.4 Å². The summed E-state index contributed by atoms with van der Waals surface area (Å²) in [5, 5.41) is 17.0. The Morgan fingerprint density at radius 2 is 2.15 bits per heavy atom. The van der Waals surface area contributed by atoms with Gasteiger partial charge in [0.05, 0.1) is 10.2 Å². The summed E-state index contributed by atoms with van der Waals surface area (Å²) in [5.41, 5.74) is 3.15. The molecule has 11 heteroatoms. The van der Waals surface area contributed by atoms with Crippen LogP contribution in [0.2, 0.25) is 0 Å². The lowest BCUT2D eigenvalue weighted by molar-refractivity contribution is 0.234. The van der Waals surface area contributed by atoms with E-state index in [1.165, 1.54) is 18.2 Å². The van der Waals surface area contributed by atoms with E-state index in [1.807, 2.05) is 5.48 Å². The van der Waals surface area contributed by atoms with Crippen LogP contribution in [-0.2, 0) is 16.1 Å². The standard InChI is InChI=1S/C15H19BrFN5O3S/c1-26(2,24)18-8-4-3-5-13-14(22-25-21-13)15(20-23)19-10-6-7-12(17)11(16)9-10/h6-7,9,23H,3-5,8H2,1-2H3,(H,19,20). The number of amidine groups is 1. The fourth-order valence-corrected chi connectivity index (χ4v) is 2.99. The Morgan fingerprint density at radius 3 is 2.81 bits per heavy atom. The number of unbranched alkanes of at least 4 members (excludes halogenated alkanes) is 1. The number of aliphatic imine (C=N–C) groups is 1. The molecule has 142 valence electrons.